The highest BCUT2D eigenvalue weighted by atomic mass is 32.2. The van der Waals surface area contributed by atoms with Crippen LogP contribution in [-0.4, -0.2) is 32.1 Å². The highest BCUT2D eigenvalue weighted by Crippen LogP contribution is 2.53. The normalized spacial score (nSPS) is 20.8. The van der Waals surface area contributed by atoms with Gasteiger partial charge < -0.3 is 10.5 Å². The van der Waals surface area contributed by atoms with Crippen molar-refractivity contribution >= 4 is 21.3 Å². The Bertz CT molecular complexity index is 1220. The van der Waals surface area contributed by atoms with Crippen molar-refractivity contribution in [2.75, 3.05) is 11.6 Å². The molecule has 0 radical (unpaired) electrons. The number of carbonyl (C=O) groups is 1. The third kappa shape index (κ3) is 4.68. The standard InChI is InChI=1S/C20H23F4N5O3S/c1-19(8-20(23,24)9-19)10-28-16(14(17(21)22)15(27-28)11-3-4-11)18(30)26-12-5-6-29(31)13(7-12)33(2,25)32/h5-7,11,17,25H,3-4,8-10H2,1-2H3,(H,26,30). The van der Waals surface area contributed by atoms with Crippen molar-refractivity contribution in [3.05, 3.63) is 40.5 Å². The first-order valence-corrected chi connectivity index (χ1v) is 12.2. The predicted octanol–water partition coefficient (Wildman–Crippen LogP) is 4.05. The number of pyridine rings is 1. The van der Waals surface area contributed by atoms with E-state index in [1.54, 1.807) is 6.92 Å². The Hall–Kier alpha value is -2.70. The molecule has 1 amide bonds. The van der Waals surface area contributed by atoms with Crippen LogP contribution in [0.3, 0.4) is 0 Å². The number of alkyl halides is 4. The number of nitrogens with zero attached hydrogens (tertiary/aromatic N) is 3. The van der Waals surface area contributed by atoms with Crippen molar-refractivity contribution in [2.45, 2.75) is 62.4 Å². The van der Waals surface area contributed by atoms with E-state index in [0.29, 0.717) is 12.8 Å². The highest BCUT2D eigenvalue weighted by Gasteiger charge is 2.54. The third-order valence-electron chi connectivity index (χ3n) is 5.86. The summed E-state index contributed by atoms with van der Waals surface area (Å²) in [5, 5.41) is 18.1. The topological polar surface area (TPSA) is 115 Å². The van der Waals surface area contributed by atoms with Crippen LogP contribution in [0, 0.1) is 15.4 Å². The molecule has 2 aliphatic carbocycles. The van der Waals surface area contributed by atoms with Gasteiger partial charge in [-0.15, -0.1) is 0 Å². The third-order valence-corrected chi connectivity index (χ3v) is 6.96. The summed E-state index contributed by atoms with van der Waals surface area (Å²) in [6.45, 7) is 1.46. The minimum Gasteiger partial charge on any atom is -0.618 e. The van der Waals surface area contributed by atoms with Crippen LogP contribution < -0.4 is 10.0 Å². The Morgan fingerprint density at radius 2 is 2.06 bits per heavy atom. The minimum atomic E-state index is -3.43. The number of halogens is 4. The fourth-order valence-corrected chi connectivity index (χ4v) is 5.17. The summed E-state index contributed by atoms with van der Waals surface area (Å²) in [6, 6.07) is 2.22. The summed E-state index contributed by atoms with van der Waals surface area (Å²) < 4.78 is 76.1. The molecule has 13 heteroatoms. The molecule has 33 heavy (non-hydrogen) atoms. The molecule has 4 rings (SSSR count). The largest absolute Gasteiger partial charge is 0.618 e. The SMILES string of the molecule is CC1(Cn2nc(C3CC3)c(C(F)F)c2C(=O)Nc2cc[n+]([O-])c(S(C)(=N)=O)c2)CC(F)(F)C1. The van der Waals surface area contributed by atoms with Crippen molar-refractivity contribution in [3.63, 3.8) is 0 Å². The lowest BCUT2D eigenvalue weighted by Crippen LogP contribution is -2.47. The molecule has 2 saturated carbocycles. The van der Waals surface area contributed by atoms with Gasteiger partial charge in [-0.1, -0.05) is 6.92 Å². The molecular weight excluding hydrogens is 466 g/mol. The van der Waals surface area contributed by atoms with Crippen LogP contribution in [0.4, 0.5) is 23.2 Å². The second kappa shape index (κ2) is 7.67. The fourth-order valence-electron chi connectivity index (χ4n) is 4.41. The molecule has 0 saturated heterocycles. The van der Waals surface area contributed by atoms with Gasteiger partial charge in [0.2, 0.25) is 5.92 Å². The first-order valence-electron chi connectivity index (χ1n) is 10.2. The van der Waals surface area contributed by atoms with E-state index < -0.39 is 62.5 Å². The van der Waals surface area contributed by atoms with Crippen LogP contribution in [0.15, 0.2) is 23.4 Å². The van der Waals surface area contributed by atoms with Crippen LogP contribution in [0.5, 0.6) is 0 Å². The van der Waals surface area contributed by atoms with Crippen LogP contribution in [0.2, 0.25) is 0 Å². The maximum absolute atomic E-state index is 14.1. The van der Waals surface area contributed by atoms with Gasteiger partial charge in [0.15, 0.2) is 6.20 Å². The van der Waals surface area contributed by atoms with E-state index >= 15 is 0 Å². The number of amides is 1. The van der Waals surface area contributed by atoms with Gasteiger partial charge in [0.25, 0.3) is 17.4 Å². The average molecular weight is 489 g/mol. The van der Waals surface area contributed by atoms with Crippen molar-refractivity contribution in [1.29, 1.82) is 4.78 Å². The molecule has 0 bridgehead atoms. The fraction of sp³-hybridized carbons (Fsp3) is 0.550. The molecule has 1 unspecified atom stereocenters. The zero-order valence-corrected chi connectivity index (χ0v) is 18.7. The molecule has 2 aromatic heterocycles. The molecule has 2 heterocycles. The van der Waals surface area contributed by atoms with Crippen molar-refractivity contribution in [2.24, 2.45) is 5.41 Å². The Kier molecular flexibility index (Phi) is 5.45. The van der Waals surface area contributed by atoms with E-state index in [1.165, 1.54) is 6.07 Å². The van der Waals surface area contributed by atoms with Crippen LogP contribution in [0.25, 0.3) is 0 Å². The molecule has 0 aromatic carbocycles. The zero-order chi connectivity index (χ0) is 24.3. The molecule has 2 N–H and O–H groups in total. The maximum Gasteiger partial charge on any atom is 0.291 e. The predicted molar refractivity (Wildman–Crippen MR) is 110 cm³/mol. The Morgan fingerprint density at radius 1 is 1.42 bits per heavy atom. The minimum absolute atomic E-state index is 0.0220. The van der Waals surface area contributed by atoms with Gasteiger partial charge in [0.05, 0.1) is 16.9 Å². The van der Waals surface area contributed by atoms with E-state index in [0.717, 1.165) is 23.2 Å². The van der Waals surface area contributed by atoms with E-state index in [1.807, 2.05) is 0 Å². The van der Waals surface area contributed by atoms with Gasteiger partial charge in [-0.05, 0) is 18.3 Å². The van der Waals surface area contributed by atoms with E-state index in [4.69, 9.17) is 4.78 Å². The Labute approximate surface area is 187 Å². The molecule has 2 aliphatic rings. The molecular formula is C20H23F4N5O3S. The van der Waals surface area contributed by atoms with E-state index in [-0.39, 0.29) is 28.6 Å². The molecule has 2 aromatic rings. The number of carbonyl (C=O) groups excluding carboxylic acids is 1. The number of anilines is 1. The molecule has 1 atom stereocenters. The first-order chi connectivity index (χ1) is 15.2. The molecule has 180 valence electrons. The summed E-state index contributed by atoms with van der Waals surface area (Å²) >= 11 is 0. The lowest BCUT2D eigenvalue weighted by Gasteiger charge is -2.44. The second-order valence-electron chi connectivity index (χ2n) is 9.28. The van der Waals surface area contributed by atoms with Crippen molar-refractivity contribution in [3.8, 4) is 0 Å². The lowest BCUT2D eigenvalue weighted by atomic mass is 9.67. The van der Waals surface area contributed by atoms with Gasteiger partial charge in [0, 0.05) is 43.7 Å². The van der Waals surface area contributed by atoms with E-state index in [9.17, 15) is 31.8 Å². The average Bonchev–Trinajstić information content (AvgIpc) is 3.41. The molecule has 2 fully saturated rings. The number of aromatic nitrogens is 3. The molecule has 0 spiro atoms. The maximum atomic E-state index is 14.1. The number of rotatable bonds is 7. The Balaban J connectivity index is 1.72. The summed E-state index contributed by atoms with van der Waals surface area (Å²) in [7, 11) is -3.43. The van der Waals surface area contributed by atoms with Crippen LogP contribution in [-0.2, 0) is 16.3 Å². The van der Waals surface area contributed by atoms with Gasteiger partial charge >= 0.3 is 0 Å². The van der Waals surface area contributed by atoms with E-state index in [2.05, 4.69) is 10.4 Å². The van der Waals surface area contributed by atoms with Gasteiger partial charge in [-0.3, -0.25) is 9.48 Å². The summed E-state index contributed by atoms with van der Waals surface area (Å²) in [4.78, 5) is 13.1. The smallest absolute Gasteiger partial charge is 0.291 e. The summed E-state index contributed by atoms with van der Waals surface area (Å²) in [5.74, 6) is -4.01. The quantitative estimate of drug-likeness (QED) is 0.347. The van der Waals surface area contributed by atoms with Crippen molar-refractivity contribution < 1.29 is 31.3 Å². The first kappa shape index (κ1) is 23.5. The lowest BCUT2D eigenvalue weighted by molar-refractivity contribution is -0.646. The molecule has 0 aliphatic heterocycles. The number of nitrogens with one attached hydrogen (secondary N) is 2. The molecule has 8 nitrogen and oxygen atoms in total. The van der Waals surface area contributed by atoms with Gasteiger partial charge in [-0.2, -0.15) is 9.83 Å². The van der Waals surface area contributed by atoms with Crippen LogP contribution >= 0.6 is 0 Å². The summed E-state index contributed by atoms with van der Waals surface area (Å²) in [6.07, 6.45) is -0.624. The number of hydrogen-bond donors (Lipinski definition) is 2. The van der Waals surface area contributed by atoms with Gasteiger partial charge in [0.1, 0.15) is 15.4 Å². The monoisotopic (exact) mass is 489 g/mol. The number of hydrogen-bond acceptors (Lipinski definition) is 5. The highest BCUT2D eigenvalue weighted by molar-refractivity contribution is 7.91. The van der Waals surface area contributed by atoms with Crippen LogP contribution in [0.1, 0.15) is 66.7 Å². The second-order valence-corrected chi connectivity index (χ2v) is 11.4. The zero-order valence-electron chi connectivity index (χ0n) is 17.9. The van der Waals surface area contributed by atoms with Gasteiger partial charge in [-0.25, -0.2) is 26.6 Å². The summed E-state index contributed by atoms with van der Waals surface area (Å²) in [5.41, 5.74) is -1.78. The Morgan fingerprint density at radius 3 is 2.58 bits per heavy atom. The van der Waals surface area contributed by atoms with Crippen molar-refractivity contribution in [1.82, 2.24) is 9.78 Å².